The molecular formula is C17H13N3O3. The number of phenolic OH excluding ortho intramolecular Hbond substituents is 1. The van der Waals surface area contributed by atoms with Gasteiger partial charge in [0, 0.05) is 11.8 Å². The van der Waals surface area contributed by atoms with E-state index in [0.29, 0.717) is 17.1 Å². The van der Waals surface area contributed by atoms with E-state index in [1.165, 1.54) is 6.20 Å². The molecule has 2 aromatic heterocycles. The molecule has 6 heteroatoms. The molecule has 6 nitrogen and oxygen atoms in total. The van der Waals surface area contributed by atoms with Crippen molar-refractivity contribution >= 4 is 11.0 Å². The summed E-state index contributed by atoms with van der Waals surface area (Å²) >= 11 is 0. The number of fused-ring (bicyclic) bond motifs is 1. The molecule has 2 aromatic carbocycles. The molecule has 0 aliphatic carbocycles. The zero-order chi connectivity index (χ0) is 15.8. The minimum atomic E-state index is -0.187. The molecule has 0 aliphatic heterocycles. The van der Waals surface area contributed by atoms with Crippen LogP contribution < -0.4 is 0 Å². The van der Waals surface area contributed by atoms with Crippen LogP contribution in [0.4, 0.5) is 0 Å². The zero-order valence-electron chi connectivity index (χ0n) is 12.0. The first-order valence-corrected chi connectivity index (χ1v) is 7.09. The number of benzene rings is 2. The average Bonchev–Trinajstić information content (AvgIpc) is 3.22. The predicted molar refractivity (Wildman–Crippen MR) is 84.2 cm³/mol. The summed E-state index contributed by atoms with van der Waals surface area (Å²) in [5, 5.41) is 23.4. The van der Waals surface area contributed by atoms with E-state index in [0.717, 1.165) is 16.7 Å². The monoisotopic (exact) mass is 307 g/mol. The van der Waals surface area contributed by atoms with Gasteiger partial charge in [0.2, 0.25) is 0 Å². The first-order valence-electron chi connectivity index (χ1n) is 7.09. The van der Waals surface area contributed by atoms with Crippen molar-refractivity contribution in [2.45, 2.75) is 6.61 Å². The zero-order valence-corrected chi connectivity index (χ0v) is 12.0. The topological polar surface area (TPSA) is 84.3 Å². The second-order valence-electron chi connectivity index (χ2n) is 5.09. The number of phenols is 1. The third kappa shape index (κ3) is 2.16. The highest BCUT2D eigenvalue weighted by atomic mass is 16.5. The number of aromatic nitrogens is 3. The molecule has 0 aliphatic rings. The van der Waals surface area contributed by atoms with Gasteiger partial charge in [-0.15, -0.1) is 0 Å². The second-order valence-corrected chi connectivity index (χ2v) is 5.09. The fourth-order valence-corrected chi connectivity index (χ4v) is 2.69. The summed E-state index contributed by atoms with van der Waals surface area (Å²) < 4.78 is 6.99. The van der Waals surface area contributed by atoms with Gasteiger partial charge in [0.1, 0.15) is 18.2 Å². The molecule has 0 unspecified atom stereocenters. The van der Waals surface area contributed by atoms with Crippen LogP contribution in [0.15, 0.2) is 59.3 Å². The third-order valence-electron chi connectivity index (χ3n) is 3.71. The summed E-state index contributed by atoms with van der Waals surface area (Å²) in [4.78, 5) is 4.44. The van der Waals surface area contributed by atoms with Crippen molar-refractivity contribution < 1.29 is 14.7 Å². The van der Waals surface area contributed by atoms with Crippen LogP contribution in [0.25, 0.3) is 28.0 Å². The van der Waals surface area contributed by atoms with Crippen LogP contribution in [0.3, 0.4) is 0 Å². The Morgan fingerprint density at radius 2 is 1.96 bits per heavy atom. The van der Waals surface area contributed by atoms with E-state index in [1.807, 2.05) is 28.8 Å². The van der Waals surface area contributed by atoms with Gasteiger partial charge in [0.15, 0.2) is 5.76 Å². The molecule has 0 amide bonds. The number of aliphatic hydroxyl groups is 1. The first-order chi connectivity index (χ1) is 11.3. The largest absolute Gasteiger partial charge is 0.507 e. The second kappa shape index (κ2) is 5.26. The number of hydrogen-bond acceptors (Lipinski definition) is 5. The van der Waals surface area contributed by atoms with E-state index >= 15 is 0 Å². The number of aromatic hydroxyl groups is 1. The maximum Gasteiger partial charge on any atom is 0.170 e. The number of rotatable bonds is 3. The molecule has 2 N–H and O–H groups in total. The molecule has 0 saturated heterocycles. The molecule has 0 saturated carbocycles. The van der Waals surface area contributed by atoms with E-state index < -0.39 is 0 Å². The highest BCUT2D eigenvalue weighted by molar-refractivity contribution is 5.79. The molecule has 0 spiro atoms. The lowest BCUT2D eigenvalue weighted by molar-refractivity contribution is 0.270. The van der Waals surface area contributed by atoms with E-state index in [1.54, 1.807) is 24.3 Å². The number of imidazole rings is 1. The molecule has 23 heavy (non-hydrogen) atoms. The van der Waals surface area contributed by atoms with Crippen molar-refractivity contribution in [1.82, 2.24) is 14.7 Å². The van der Waals surface area contributed by atoms with Gasteiger partial charge in [0.25, 0.3) is 0 Å². The Morgan fingerprint density at radius 3 is 2.74 bits per heavy atom. The lowest BCUT2D eigenvalue weighted by Crippen LogP contribution is -2.01. The Balaban J connectivity index is 1.97. The smallest absolute Gasteiger partial charge is 0.170 e. The lowest BCUT2D eigenvalue weighted by atomic mass is 10.1. The van der Waals surface area contributed by atoms with Gasteiger partial charge < -0.3 is 14.7 Å². The van der Waals surface area contributed by atoms with Crippen LogP contribution in [0, 0.1) is 0 Å². The van der Waals surface area contributed by atoms with Crippen molar-refractivity contribution in [3.63, 3.8) is 0 Å². The summed E-state index contributed by atoms with van der Waals surface area (Å²) in [6.45, 7) is -0.187. The molecule has 114 valence electrons. The van der Waals surface area contributed by atoms with Gasteiger partial charge in [-0.3, -0.25) is 4.57 Å². The predicted octanol–water partition coefficient (Wildman–Crippen LogP) is 2.88. The van der Waals surface area contributed by atoms with Crippen molar-refractivity contribution in [2.24, 2.45) is 0 Å². The number of nitrogens with zero attached hydrogens (tertiary/aromatic N) is 3. The Kier molecular flexibility index (Phi) is 3.09. The van der Waals surface area contributed by atoms with Gasteiger partial charge in [-0.2, -0.15) is 0 Å². The summed E-state index contributed by atoms with van der Waals surface area (Å²) in [6.07, 6.45) is 1.52. The summed E-state index contributed by atoms with van der Waals surface area (Å²) in [6, 6.07) is 14.5. The lowest BCUT2D eigenvalue weighted by Gasteiger charge is -2.10. The standard InChI is InChI=1S/C17H13N3O3/c21-10-17-19-13-3-1-2-4-14(13)20(17)11-5-6-15(22)12(9-11)16-7-8-18-23-16/h1-9,21-22H,10H2. The van der Waals surface area contributed by atoms with Crippen LogP contribution >= 0.6 is 0 Å². The third-order valence-corrected chi connectivity index (χ3v) is 3.71. The van der Waals surface area contributed by atoms with Crippen LogP contribution in [0.5, 0.6) is 5.75 Å². The first kappa shape index (κ1) is 13.5. The van der Waals surface area contributed by atoms with Crippen LogP contribution in [0.2, 0.25) is 0 Å². The number of aliphatic hydroxyl groups excluding tert-OH is 1. The van der Waals surface area contributed by atoms with Crippen LogP contribution in [-0.2, 0) is 6.61 Å². The van der Waals surface area contributed by atoms with Crippen LogP contribution in [-0.4, -0.2) is 24.9 Å². The molecule has 4 aromatic rings. The Morgan fingerprint density at radius 1 is 1.09 bits per heavy atom. The average molecular weight is 307 g/mol. The van der Waals surface area contributed by atoms with E-state index in [4.69, 9.17) is 4.52 Å². The van der Waals surface area contributed by atoms with Gasteiger partial charge >= 0.3 is 0 Å². The van der Waals surface area contributed by atoms with Gasteiger partial charge in [0.05, 0.1) is 22.8 Å². The minimum absolute atomic E-state index is 0.0977. The van der Waals surface area contributed by atoms with E-state index in [2.05, 4.69) is 10.1 Å². The Labute approximate surface area is 131 Å². The van der Waals surface area contributed by atoms with Crippen molar-refractivity contribution in [3.8, 4) is 22.8 Å². The number of hydrogen-bond donors (Lipinski definition) is 2. The maximum absolute atomic E-state index is 10.1. The van der Waals surface area contributed by atoms with Gasteiger partial charge in [-0.05, 0) is 30.3 Å². The van der Waals surface area contributed by atoms with Crippen molar-refractivity contribution in [1.29, 1.82) is 0 Å². The SMILES string of the molecule is OCc1nc2ccccc2n1-c1ccc(O)c(-c2ccno2)c1. The molecule has 0 fully saturated rings. The van der Waals surface area contributed by atoms with Crippen LogP contribution in [0.1, 0.15) is 5.82 Å². The van der Waals surface area contributed by atoms with Crippen molar-refractivity contribution in [3.05, 3.63) is 60.6 Å². The maximum atomic E-state index is 10.1. The summed E-state index contributed by atoms with van der Waals surface area (Å²) in [5.41, 5.74) is 2.98. The number of para-hydroxylation sites is 2. The molecule has 2 heterocycles. The molecule has 0 atom stereocenters. The normalized spacial score (nSPS) is 11.2. The quantitative estimate of drug-likeness (QED) is 0.608. The molecule has 0 bridgehead atoms. The molecule has 4 rings (SSSR count). The Bertz CT molecular complexity index is 974. The summed E-state index contributed by atoms with van der Waals surface area (Å²) in [5.74, 6) is 1.10. The minimum Gasteiger partial charge on any atom is -0.507 e. The Hall–Kier alpha value is -3.12. The molecular weight excluding hydrogens is 294 g/mol. The highest BCUT2D eigenvalue weighted by Gasteiger charge is 2.15. The summed E-state index contributed by atoms with van der Waals surface area (Å²) in [7, 11) is 0. The van der Waals surface area contributed by atoms with Crippen molar-refractivity contribution in [2.75, 3.05) is 0 Å². The highest BCUT2D eigenvalue weighted by Crippen LogP contribution is 2.32. The molecule has 0 radical (unpaired) electrons. The fraction of sp³-hybridized carbons (Fsp3) is 0.0588. The van der Waals surface area contributed by atoms with Gasteiger partial charge in [-0.1, -0.05) is 17.3 Å². The van der Waals surface area contributed by atoms with Gasteiger partial charge in [-0.25, -0.2) is 4.98 Å². The fourth-order valence-electron chi connectivity index (χ4n) is 2.69. The van der Waals surface area contributed by atoms with E-state index in [-0.39, 0.29) is 12.4 Å². The van der Waals surface area contributed by atoms with E-state index in [9.17, 15) is 10.2 Å².